The second-order valence-electron chi connectivity index (χ2n) is 7.08. The number of halogens is 1. The molecule has 1 aromatic carbocycles. The maximum Gasteiger partial charge on any atom is 0.258 e. The van der Waals surface area contributed by atoms with Crippen molar-refractivity contribution >= 4 is 28.1 Å². The van der Waals surface area contributed by atoms with Crippen molar-refractivity contribution in [3.8, 4) is 11.5 Å². The first kappa shape index (κ1) is 19.5. The second-order valence-corrected chi connectivity index (χ2v) is 7.94. The van der Waals surface area contributed by atoms with Crippen molar-refractivity contribution in [3.63, 3.8) is 0 Å². The van der Waals surface area contributed by atoms with Gasteiger partial charge in [0.2, 0.25) is 5.91 Å². The monoisotopic (exact) mass is 415 g/mol. The highest BCUT2D eigenvalue weighted by Gasteiger charge is 2.27. The molecule has 0 unspecified atom stereocenters. The molecule has 2 aromatic heterocycles. The van der Waals surface area contributed by atoms with E-state index in [-0.39, 0.29) is 17.6 Å². The van der Waals surface area contributed by atoms with Gasteiger partial charge in [0.15, 0.2) is 11.0 Å². The maximum absolute atomic E-state index is 14.7. The van der Waals surface area contributed by atoms with Crippen LogP contribution in [0.2, 0.25) is 0 Å². The molecule has 3 heterocycles. The first-order chi connectivity index (χ1) is 14.0. The maximum atomic E-state index is 14.7. The lowest BCUT2D eigenvalue weighted by Crippen LogP contribution is -2.38. The minimum absolute atomic E-state index is 0.0158. The Kier molecular flexibility index (Phi) is 5.57. The molecule has 1 fully saturated rings. The van der Waals surface area contributed by atoms with Crippen LogP contribution < -0.4 is 10.2 Å². The Bertz CT molecular complexity index is 1010. The van der Waals surface area contributed by atoms with Gasteiger partial charge in [0, 0.05) is 36.4 Å². The molecule has 0 aliphatic carbocycles. The summed E-state index contributed by atoms with van der Waals surface area (Å²) in [7, 11) is 0. The van der Waals surface area contributed by atoms with Gasteiger partial charge < -0.3 is 14.7 Å². The van der Waals surface area contributed by atoms with Gasteiger partial charge in [-0.25, -0.2) is 9.37 Å². The summed E-state index contributed by atoms with van der Waals surface area (Å²) < 4.78 is 19.9. The Labute approximate surface area is 172 Å². The molecule has 29 heavy (non-hydrogen) atoms. The summed E-state index contributed by atoms with van der Waals surface area (Å²) in [5, 5.41) is 9.27. The van der Waals surface area contributed by atoms with Crippen LogP contribution in [0.3, 0.4) is 0 Å². The van der Waals surface area contributed by atoms with Crippen molar-refractivity contribution in [3.05, 3.63) is 40.9 Å². The summed E-state index contributed by atoms with van der Waals surface area (Å²) in [6.07, 6.45) is 2.00. The molecule has 1 amide bonds. The van der Waals surface area contributed by atoms with E-state index < -0.39 is 0 Å². The van der Waals surface area contributed by atoms with Crippen LogP contribution in [0.1, 0.15) is 31.3 Å². The average molecular weight is 415 g/mol. The Morgan fingerprint density at radius 3 is 2.76 bits per heavy atom. The Morgan fingerprint density at radius 2 is 2.14 bits per heavy atom. The molecular weight excluding hydrogens is 393 g/mol. The van der Waals surface area contributed by atoms with Crippen molar-refractivity contribution in [2.45, 2.75) is 33.1 Å². The zero-order valence-corrected chi connectivity index (χ0v) is 17.1. The van der Waals surface area contributed by atoms with Crippen LogP contribution in [0.25, 0.3) is 11.5 Å². The van der Waals surface area contributed by atoms with Gasteiger partial charge in [-0.15, -0.1) is 11.3 Å². The first-order valence-corrected chi connectivity index (χ1v) is 10.5. The number of anilines is 2. The highest BCUT2D eigenvalue weighted by atomic mass is 32.1. The number of aryl methyl sites for hydroxylation is 2. The van der Waals surface area contributed by atoms with E-state index >= 15 is 0 Å². The highest BCUT2D eigenvalue weighted by molar-refractivity contribution is 7.13. The molecule has 3 aromatic rings. The molecule has 9 heteroatoms. The van der Waals surface area contributed by atoms with Crippen molar-refractivity contribution in [2.24, 2.45) is 5.92 Å². The number of piperidine rings is 1. The predicted molar refractivity (Wildman–Crippen MR) is 109 cm³/mol. The molecule has 0 saturated carbocycles. The summed E-state index contributed by atoms with van der Waals surface area (Å²) in [6.45, 7) is 5.06. The topological polar surface area (TPSA) is 84.2 Å². The third-order valence-corrected chi connectivity index (χ3v) is 5.91. The molecule has 7 nitrogen and oxygen atoms in total. The van der Waals surface area contributed by atoms with E-state index in [1.54, 1.807) is 12.1 Å². The van der Waals surface area contributed by atoms with Crippen molar-refractivity contribution in [2.75, 3.05) is 23.3 Å². The number of rotatable bonds is 5. The Balaban J connectivity index is 1.38. The van der Waals surface area contributed by atoms with E-state index in [2.05, 4.69) is 20.4 Å². The van der Waals surface area contributed by atoms with E-state index in [1.165, 1.54) is 17.4 Å². The quantitative estimate of drug-likeness (QED) is 0.677. The van der Waals surface area contributed by atoms with Crippen LogP contribution in [-0.4, -0.2) is 34.1 Å². The molecule has 4 rings (SSSR count). The summed E-state index contributed by atoms with van der Waals surface area (Å²) >= 11 is 1.42. The molecule has 0 bridgehead atoms. The fraction of sp³-hybridized carbons (Fsp3) is 0.400. The Morgan fingerprint density at radius 1 is 1.34 bits per heavy atom. The fourth-order valence-electron chi connectivity index (χ4n) is 3.41. The second kappa shape index (κ2) is 8.28. The summed E-state index contributed by atoms with van der Waals surface area (Å²) in [6, 6.07) is 4.94. The smallest absolute Gasteiger partial charge is 0.258 e. The molecule has 1 N–H and O–H groups in total. The third-order valence-electron chi connectivity index (χ3n) is 5.03. The number of thiazole rings is 1. The lowest BCUT2D eigenvalue weighted by molar-refractivity contribution is -0.120. The van der Waals surface area contributed by atoms with Gasteiger partial charge in [-0.1, -0.05) is 12.1 Å². The Hall–Kier alpha value is -2.81. The van der Waals surface area contributed by atoms with E-state index in [9.17, 15) is 9.18 Å². The first-order valence-electron chi connectivity index (χ1n) is 9.64. The number of nitrogens with one attached hydrogen (secondary N) is 1. The van der Waals surface area contributed by atoms with E-state index in [4.69, 9.17) is 4.52 Å². The number of carbonyl (C=O) groups excluding carboxylic acids is 1. The number of hydrogen-bond acceptors (Lipinski definition) is 7. The summed E-state index contributed by atoms with van der Waals surface area (Å²) in [4.78, 5) is 22.9. The number of hydrogen-bond donors (Lipinski definition) is 1. The van der Waals surface area contributed by atoms with Crippen LogP contribution in [0.15, 0.2) is 28.1 Å². The predicted octanol–water partition coefficient (Wildman–Crippen LogP) is 4.06. The van der Waals surface area contributed by atoms with Gasteiger partial charge >= 0.3 is 0 Å². The third kappa shape index (κ3) is 4.29. The molecule has 0 atom stereocenters. The summed E-state index contributed by atoms with van der Waals surface area (Å²) in [5.74, 6) is 0.472. The van der Waals surface area contributed by atoms with E-state index in [0.29, 0.717) is 60.4 Å². The van der Waals surface area contributed by atoms with Crippen LogP contribution >= 0.6 is 11.3 Å². The van der Waals surface area contributed by atoms with Crippen molar-refractivity contribution < 1.29 is 13.7 Å². The molecule has 152 valence electrons. The van der Waals surface area contributed by atoms with Crippen LogP contribution in [-0.2, 0) is 11.2 Å². The molecular formula is C20H22FN5O2S. The average Bonchev–Trinajstić information content (AvgIpc) is 3.37. The van der Waals surface area contributed by atoms with Crippen LogP contribution in [0.5, 0.6) is 0 Å². The zero-order valence-electron chi connectivity index (χ0n) is 16.3. The number of benzene rings is 1. The van der Waals surface area contributed by atoms with E-state index in [1.807, 2.05) is 24.1 Å². The van der Waals surface area contributed by atoms with Crippen molar-refractivity contribution in [1.82, 2.24) is 15.1 Å². The summed E-state index contributed by atoms with van der Waals surface area (Å²) in [5.41, 5.74) is 1.98. The SMILES string of the molecule is CCc1noc(-c2ccc(N3CCC(C(=O)Nc4nc(C)cs4)CC3)c(F)c2)n1. The fourth-order valence-corrected chi connectivity index (χ4v) is 4.10. The highest BCUT2D eigenvalue weighted by Crippen LogP contribution is 2.29. The lowest BCUT2D eigenvalue weighted by atomic mass is 9.95. The normalized spacial score (nSPS) is 14.9. The largest absolute Gasteiger partial charge is 0.369 e. The number of nitrogens with zero attached hydrogens (tertiary/aromatic N) is 4. The van der Waals surface area contributed by atoms with Gasteiger partial charge in [-0.2, -0.15) is 4.98 Å². The van der Waals surface area contributed by atoms with E-state index in [0.717, 1.165) is 5.69 Å². The molecule has 1 saturated heterocycles. The minimum Gasteiger partial charge on any atom is -0.369 e. The molecule has 1 aliphatic rings. The molecule has 0 spiro atoms. The standard InChI is InChI=1S/C20H22FN5O2S/c1-3-17-23-19(28-25-17)14-4-5-16(15(21)10-14)26-8-6-13(7-9-26)18(27)24-20-22-12(2)11-29-20/h4-5,10-11,13H,3,6-9H2,1-2H3,(H,22,24,27). The van der Waals surface area contributed by atoms with Gasteiger partial charge in [0.25, 0.3) is 5.89 Å². The molecule has 0 radical (unpaired) electrons. The van der Waals surface area contributed by atoms with Crippen molar-refractivity contribution in [1.29, 1.82) is 0 Å². The van der Waals surface area contributed by atoms with Crippen LogP contribution in [0.4, 0.5) is 15.2 Å². The van der Waals surface area contributed by atoms with Gasteiger partial charge in [0.1, 0.15) is 5.82 Å². The minimum atomic E-state index is -0.333. The van der Waals surface area contributed by atoms with Gasteiger partial charge in [0.05, 0.1) is 11.4 Å². The zero-order chi connectivity index (χ0) is 20.4. The van der Waals surface area contributed by atoms with Crippen LogP contribution in [0, 0.1) is 18.7 Å². The van der Waals surface area contributed by atoms with Gasteiger partial charge in [-0.05, 0) is 38.0 Å². The number of amides is 1. The number of carbonyl (C=O) groups is 1. The lowest BCUT2D eigenvalue weighted by Gasteiger charge is -2.33. The number of aromatic nitrogens is 3. The molecule has 1 aliphatic heterocycles. The van der Waals surface area contributed by atoms with Gasteiger partial charge in [-0.3, -0.25) is 4.79 Å².